The smallest absolute Gasteiger partial charge is 0.316 e. The van der Waals surface area contributed by atoms with Crippen molar-refractivity contribution in [2.24, 2.45) is 0 Å². The number of aliphatic hydroxyl groups excluding tert-OH is 1. The van der Waals surface area contributed by atoms with Gasteiger partial charge in [-0.2, -0.15) is 5.26 Å². The molecule has 9 nitrogen and oxygen atoms in total. The standard InChI is InChI=1S/C21H20ClN7O2.CH4/c1-31-21-24-8-14(9-25-21)18(11-30)28-20-16-10-29(5-4-17(16)26-12-27-20)19-3-2-15(22)6-13(19)7-23;/h2-3,6,8-9,12,18,30H,4-5,10-11H2,1H3,(H,26,27,28);1H4/t18-;/m1./s1. The summed E-state index contributed by atoms with van der Waals surface area (Å²) in [5.41, 5.74) is 3.89. The topological polar surface area (TPSA) is 120 Å². The molecule has 0 spiro atoms. The van der Waals surface area contributed by atoms with Gasteiger partial charge in [0, 0.05) is 48.1 Å². The minimum absolute atomic E-state index is 0. The maximum Gasteiger partial charge on any atom is 0.316 e. The molecule has 1 aliphatic heterocycles. The van der Waals surface area contributed by atoms with Crippen molar-refractivity contribution in [2.45, 2.75) is 26.4 Å². The van der Waals surface area contributed by atoms with Crippen molar-refractivity contribution in [1.82, 2.24) is 19.9 Å². The highest BCUT2D eigenvalue weighted by Crippen LogP contribution is 2.31. The number of anilines is 2. The maximum absolute atomic E-state index is 9.94. The second-order valence-corrected chi connectivity index (χ2v) is 7.41. The fraction of sp³-hybridized carbons (Fsp3) is 0.318. The second kappa shape index (κ2) is 10.2. The first kappa shape index (κ1) is 23.2. The molecule has 1 atom stereocenters. The van der Waals surface area contributed by atoms with Gasteiger partial charge in [0.05, 0.1) is 36.7 Å². The Balaban J connectivity index is 0.00000289. The van der Waals surface area contributed by atoms with Gasteiger partial charge in [-0.05, 0) is 18.2 Å². The first-order valence-corrected chi connectivity index (χ1v) is 10.0. The van der Waals surface area contributed by atoms with Gasteiger partial charge in [0.25, 0.3) is 0 Å². The number of methoxy groups -OCH3 is 1. The first-order valence-electron chi connectivity index (χ1n) is 9.63. The molecular weight excluding hydrogens is 430 g/mol. The number of nitrogens with zero attached hydrogens (tertiary/aromatic N) is 6. The summed E-state index contributed by atoms with van der Waals surface area (Å²) in [6, 6.07) is 7.31. The van der Waals surface area contributed by atoms with Gasteiger partial charge in [-0.25, -0.2) is 19.9 Å². The number of aliphatic hydroxyl groups is 1. The Labute approximate surface area is 191 Å². The van der Waals surface area contributed by atoms with Gasteiger partial charge in [-0.3, -0.25) is 0 Å². The van der Waals surface area contributed by atoms with E-state index in [0.717, 1.165) is 23.5 Å². The zero-order valence-electron chi connectivity index (χ0n) is 16.8. The molecule has 32 heavy (non-hydrogen) atoms. The monoisotopic (exact) mass is 453 g/mol. The lowest BCUT2D eigenvalue weighted by Crippen LogP contribution is -2.33. The van der Waals surface area contributed by atoms with Gasteiger partial charge in [0.1, 0.15) is 18.2 Å². The molecule has 1 aliphatic rings. The molecule has 0 fully saturated rings. The van der Waals surface area contributed by atoms with E-state index in [9.17, 15) is 10.4 Å². The molecule has 2 N–H and O–H groups in total. The van der Waals surface area contributed by atoms with Gasteiger partial charge >= 0.3 is 6.01 Å². The number of hydrogen-bond donors (Lipinski definition) is 2. The van der Waals surface area contributed by atoms with Crippen LogP contribution in [0, 0.1) is 11.3 Å². The van der Waals surface area contributed by atoms with Gasteiger partial charge in [-0.1, -0.05) is 19.0 Å². The summed E-state index contributed by atoms with van der Waals surface area (Å²) in [6.45, 7) is 1.07. The second-order valence-electron chi connectivity index (χ2n) is 6.97. The van der Waals surface area contributed by atoms with Crippen LogP contribution in [-0.2, 0) is 13.0 Å². The molecule has 0 aliphatic carbocycles. The summed E-state index contributed by atoms with van der Waals surface area (Å²) in [5, 5.41) is 23.3. The van der Waals surface area contributed by atoms with Gasteiger partial charge < -0.3 is 20.1 Å². The number of nitrogens with one attached hydrogen (secondary N) is 1. The van der Waals surface area contributed by atoms with E-state index < -0.39 is 6.04 Å². The molecule has 0 saturated carbocycles. The lowest BCUT2D eigenvalue weighted by Gasteiger charge is -2.32. The third-order valence-electron chi connectivity index (χ3n) is 5.15. The van der Waals surface area contributed by atoms with Crippen LogP contribution in [-0.4, -0.2) is 45.3 Å². The first-order chi connectivity index (χ1) is 15.1. The third kappa shape index (κ3) is 4.72. The molecule has 10 heteroatoms. The van der Waals surface area contributed by atoms with Crippen LogP contribution in [0.3, 0.4) is 0 Å². The lowest BCUT2D eigenvalue weighted by molar-refractivity contribution is 0.275. The summed E-state index contributed by atoms with van der Waals surface area (Å²) in [4.78, 5) is 19.2. The van der Waals surface area contributed by atoms with Crippen LogP contribution in [0.1, 0.15) is 35.9 Å². The van der Waals surface area contributed by atoms with Gasteiger partial charge in [-0.15, -0.1) is 0 Å². The summed E-state index contributed by atoms with van der Waals surface area (Å²) in [7, 11) is 1.49. The Morgan fingerprint density at radius 3 is 2.75 bits per heavy atom. The average Bonchev–Trinajstić information content (AvgIpc) is 2.82. The number of fused-ring (bicyclic) bond motifs is 1. The van der Waals surface area contributed by atoms with E-state index in [0.29, 0.717) is 34.9 Å². The molecule has 3 heterocycles. The van der Waals surface area contributed by atoms with E-state index in [1.165, 1.54) is 13.4 Å². The minimum Gasteiger partial charge on any atom is -0.467 e. The van der Waals surface area contributed by atoms with E-state index in [2.05, 4.69) is 36.2 Å². The number of aromatic nitrogens is 4. The Morgan fingerprint density at radius 1 is 1.28 bits per heavy atom. The predicted octanol–water partition coefficient (Wildman–Crippen LogP) is 3.14. The Hall–Kier alpha value is -3.48. The average molecular weight is 454 g/mol. The number of nitriles is 1. The van der Waals surface area contributed by atoms with Crippen molar-refractivity contribution < 1.29 is 9.84 Å². The van der Waals surface area contributed by atoms with E-state index in [1.54, 1.807) is 24.5 Å². The fourth-order valence-corrected chi connectivity index (χ4v) is 3.73. The number of ether oxygens (including phenoxy) is 1. The van der Waals surface area contributed by atoms with Crippen LogP contribution >= 0.6 is 11.6 Å². The zero-order valence-corrected chi connectivity index (χ0v) is 17.5. The zero-order chi connectivity index (χ0) is 21.8. The van der Waals surface area contributed by atoms with Crippen LogP contribution < -0.4 is 15.0 Å². The van der Waals surface area contributed by atoms with E-state index in [4.69, 9.17) is 16.3 Å². The Bertz CT molecular complexity index is 1120. The Kier molecular flexibility index (Phi) is 7.41. The molecule has 2 aromatic heterocycles. The van der Waals surface area contributed by atoms with Crippen molar-refractivity contribution in [3.63, 3.8) is 0 Å². The van der Waals surface area contributed by atoms with E-state index in [-0.39, 0.29) is 20.0 Å². The molecule has 0 amide bonds. The SMILES string of the molecule is C.COc1ncc([C@@H](CO)Nc2ncnc3c2CN(c2ccc(Cl)cc2C#N)CC3)cn1. The van der Waals surface area contributed by atoms with Crippen LogP contribution in [0.2, 0.25) is 5.02 Å². The van der Waals surface area contributed by atoms with Gasteiger partial charge in [0.2, 0.25) is 0 Å². The molecule has 0 radical (unpaired) electrons. The number of hydrogen-bond acceptors (Lipinski definition) is 9. The van der Waals surface area contributed by atoms with Gasteiger partial charge in [0.15, 0.2) is 0 Å². The molecular formula is C22H24ClN7O2. The number of benzene rings is 1. The number of halogens is 1. The van der Waals surface area contributed by atoms with Crippen molar-refractivity contribution in [3.8, 4) is 12.1 Å². The fourth-order valence-electron chi connectivity index (χ4n) is 3.56. The summed E-state index contributed by atoms with van der Waals surface area (Å²) < 4.78 is 4.99. The number of rotatable bonds is 6. The van der Waals surface area contributed by atoms with Crippen molar-refractivity contribution in [3.05, 3.63) is 64.3 Å². The normalized spacial score (nSPS) is 13.4. The highest BCUT2D eigenvalue weighted by Gasteiger charge is 2.24. The molecule has 0 bridgehead atoms. The molecule has 4 rings (SSSR count). The molecule has 166 valence electrons. The highest BCUT2D eigenvalue weighted by molar-refractivity contribution is 6.30. The van der Waals surface area contributed by atoms with E-state index in [1.807, 2.05) is 6.07 Å². The van der Waals surface area contributed by atoms with E-state index >= 15 is 0 Å². The summed E-state index contributed by atoms with van der Waals surface area (Å²) >= 11 is 6.05. The molecule has 1 aromatic carbocycles. The van der Waals surface area contributed by atoms with Crippen molar-refractivity contribution in [2.75, 3.05) is 30.5 Å². The highest BCUT2D eigenvalue weighted by atomic mass is 35.5. The van der Waals surface area contributed by atoms with Crippen molar-refractivity contribution in [1.29, 1.82) is 5.26 Å². The molecule has 0 saturated heterocycles. The van der Waals surface area contributed by atoms with Crippen LogP contribution in [0.5, 0.6) is 6.01 Å². The summed E-state index contributed by atoms with van der Waals surface area (Å²) in [5.74, 6) is 0.622. The third-order valence-corrected chi connectivity index (χ3v) is 5.38. The van der Waals surface area contributed by atoms with Crippen LogP contribution in [0.4, 0.5) is 11.5 Å². The minimum atomic E-state index is -0.453. The van der Waals surface area contributed by atoms with Crippen LogP contribution in [0.25, 0.3) is 0 Å². The molecule has 0 unspecified atom stereocenters. The summed E-state index contributed by atoms with van der Waals surface area (Å²) in [6.07, 6.45) is 5.42. The largest absolute Gasteiger partial charge is 0.467 e. The maximum atomic E-state index is 9.94. The quantitative estimate of drug-likeness (QED) is 0.579. The predicted molar refractivity (Wildman–Crippen MR) is 122 cm³/mol. The lowest BCUT2D eigenvalue weighted by atomic mass is 10.0. The van der Waals surface area contributed by atoms with Crippen LogP contribution in [0.15, 0.2) is 36.9 Å². The molecule has 3 aromatic rings. The Morgan fingerprint density at radius 2 is 2.06 bits per heavy atom. The van der Waals surface area contributed by atoms with Crippen molar-refractivity contribution >= 4 is 23.1 Å².